The predicted octanol–water partition coefficient (Wildman–Crippen LogP) is 6.54. The van der Waals surface area contributed by atoms with Crippen molar-refractivity contribution in [3.63, 3.8) is 0 Å². The maximum atomic E-state index is 14.3. The van der Waals surface area contributed by atoms with Gasteiger partial charge in [-0.25, -0.2) is 8.42 Å². The molecule has 0 saturated heterocycles. The molecule has 5 rings (SSSR count). The first kappa shape index (κ1) is 31.8. The first-order valence-corrected chi connectivity index (χ1v) is 16.8. The predicted molar refractivity (Wildman–Crippen MR) is 175 cm³/mol. The molecule has 0 unspecified atom stereocenters. The van der Waals surface area contributed by atoms with Crippen molar-refractivity contribution >= 4 is 27.5 Å². The van der Waals surface area contributed by atoms with Crippen molar-refractivity contribution in [2.45, 2.75) is 62.6 Å². The summed E-state index contributed by atoms with van der Waals surface area (Å²) in [5.41, 5.74) is 1.15. The third-order valence-electron chi connectivity index (χ3n) is 8.00. The van der Waals surface area contributed by atoms with Gasteiger partial charge in [0.25, 0.3) is 10.0 Å². The normalized spacial score (nSPS) is 14.0. The lowest BCUT2D eigenvalue weighted by Crippen LogP contribution is -2.53. The van der Waals surface area contributed by atoms with Gasteiger partial charge < -0.3 is 15.0 Å². The molecule has 0 bridgehead atoms. The second-order valence-corrected chi connectivity index (χ2v) is 13.0. The summed E-state index contributed by atoms with van der Waals surface area (Å²) < 4.78 is 35.2. The molecule has 1 atom stereocenters. The summed E-state index contributed by atoms with van der Waals surface area (Å²) in [4.78, 5) is 29.4. The molecule has 0 aliphatic heterocycles. The van der Waals surface area contributed by atoms with Crippen molar-refractivity contribution < 1.29 is 22.7 Å². The molecule has 1 aliphatic carbocycles. The van der Waals surface area contributed by atoms with Crippen molar-refractivity contribution in [2.75, 3.05) is 10.8 Å². The number of amides is 2. The summed E-state index contributed by atoms with van der Waals surface area (Å²) in [6.07, 6.45) is 4.35. The number of hydrogen-bond acceptors (Lipinski definition) is 5. The van der Waals surface area contributed by atoms with E-state index in [1.807, 2.05) is 67.6 Å². The van der Waals surface area contributed by atoms with Crippen LogP contribution in [0.4, 0.5) is 5.69 Å². The molecule has 2 amide bonds. The van der Waals surface area contributed by atoms with Crippen LogP contribution < -0.4 is 14.4 Å². The van der Waals surface area contributed by atoms with Gasteiger partial charge in [0.05, 0.1) is 10.6 Å². The second kappa shape index (κ2) is 14.9. The lowest BCUT2D eigenvalue weighted by molar-refractivity contribution is -0.140. The van der Waals surface area contributed by atoms with E-state index in [2.05, 4.69) is 5.32 Å². The quantitative estimate of drug-likeness (QED) is 0.182. The highest BCUT2D eigenvalue weighted by atomic mass is 32.2. The monoisotopic (exact) mass is 625 g/mol. The fraction of sp³-hybridized carbons (Fsp3) is 0.278. The van der Waals surface area contributed by atoms with Gasteiger partial charge in [-0.3, -0.25) is 13.9 Å². The van der Waals surface area contributed by atoms with Crippen molar-refractivity contribution in [1.82, 2.24) is 10.2 Å². The van der Waals surface area contributed by atoms with Gasteiger partial charge in [-0.1, -0.05) is 86.5 Å². The van der Waals surface area contributed by atoms with Crippen LogP contribution in [-0.4, -0.2) is 43.8 Å². The van der Waals surface area contributed by atoms with Crippen molar-refractivity contribution in [2.24, 2.45) is 0 Å². The molecule has 45 heavy (non-hydrogen) atoms. The Morgan fingerprint density at radius 1 is 0.800 bits per heavy atom. The van der Waals surface area contributed by atoms with Crippen molar-refractivity contribution in [3.8, 4) is 11.5 Å². The Morgan fingerprint density at radius 2 is 1.36 bits per heavy atom. The zero-order valence-electron chi connectivity index (χ0n) is 25.4. The number of ether oxygens (including phenoxy) is 1. The van der Waals surface area contributed by atoms with E-state index < -0.39 is 28.5 Å². The summed E-state index contributed by atoms with van der Waals surface area (Å²) in [7, 11) is -4.15. The van der Waals surface area contributed by atoms with Gasteiger partial charge in [-0.2, -0.15) is 0 Å². The number of rotatable bonds is 13. The highest BCUT2D eigenvalue weighted by molar-refractivity contribution is 7.92. The topological polar surface area (TPSA) is 96.0 Å². The van der Waals surface area contributed by atoms with E-state index in [9.17, 15) is 18.0 Å². The first-order chi connectivity index (χ1) is 21.8. The molecule has 1 fully saturated rings. The summed E-state index contributed by atoms with van der Waals surface area (Å²) in [5.74, 6) is 0.478. The Kier molecular flexibility index (Phi) is 10.5. The zero-order valence-corrected chi connectivity index (χ0v) is 26.2. The van der Waals surface area contributed by atoms with Crippen LogP contribution in [0.2, 0.25) is 0 Å². The van der Waals surface area contributed by atoms with Crippen LogP contribution in [0.25, 0.3) is 0 Å². The molecule has 0 spiro atoms. The van der Waals surface area contributed by atoms with E-state index in [0.29, 0.717) is 23.6 Å². The molecule has 1 N–H and O–H groups in total. The molecule has 4 aromatic carbocycles. The van der Waals surface area contributed by atoms with Crippen LogP contribution in [0, 0.1) is 0 Å². The molecule has 1 aliphatic rings. The molecule has 4 aromatic rings. The Morgan fingerprint density at radius 3 is 1.96 bits per heavy atom. The van der Waals surface area contributed by atoms with Gasteiger partial charge >= 0.3 is 0 Å². The highest BCUT2D eigenvalue weighted by Crippen LogP contribution is 2.29. The molecular formula is C36H39N3O5S. The third-order valence-corrected chi connectivity index (χ3v) is 9.78. The molecule has 8 nitrogen and oxygen atoms in total. The fourth-order valence-corrected chi connectivity index (χ4v) is 7.06. The second-order valence-electron chi connectivity index (χ2n) is 11.2. The number of nitrogens with one attached hydrogen (secondary N) is 1. The van der Waals surface area contributed by atoms with Gasteiger partial charge in [-0.15, -0.1) is 0 Å². The van der Waals surface area contributed by atoms with Crippen LogP contribution in [0.1, 0.15) is 44.6 Å². The minimum atomic E-state index is -4.15. The van der Waals surface area contributed by atoms with Gasteiger partial charge in [0.15, 0.2) is 0 Å². The Balaban J connectivity index is 1.47. The summed E-state index contributed by atoms with van der Waals surface area (Å²) in [6, 6.07) is 32.7. The van der Waals surface area contributed by atoms with E-state index in [4.69, 9.17) is 4.74 Å². The smallest absolute Gasteiger partial charge is 0.264 e. The SMILES string of the molecule is CC[C@H](C(=O)NC1CCCC1)N(Cc1ccccc1)C(=O)CN(c1ccc(Oc2ccccc2)cc1)S(=O)(=O)c1ccccc1. The van der Waals surface area contributed by atoms with Crippen LogP contribution in [0.5, 0.6) is 11.5 Å². The molecule has 0 aromatic heterocycles. The highest BCUT2D eigenvalue weighted by Gasteiger charge is 2.34. The lowest BCUT2D eigenvalue weighted by Gasteiger charge is -2.33. The first-order valence-electron chi connectivity index (χ1n) is 15.4. The lowest BCUT2D eigenvalue weighted by atomic mass is 10.1. The average molecular weight is 626 g/mol. The van der Waals surface area contributed by atoms with Crippen molar-refractivity contribution in [3.05, 3.63) is 121 Å². The largest absolute Gasteiger partial charge is 0.457 e. The fourth-order valence-electron chi connectivity index (χ4n) is 5.62. The van der Waals surface area contributed by atoms with E-state index in [1.165, 1.54) is 17.0 Å². The number of carbonyl (C=O) groups excluding carboxylic acids is 2. The van der Waals surface area contributed by atoms with Gasteiger partial charge in [-0.05, 0) is 73.4 Å². The molecule has 0 heterocycles. The standard InChI is InChI=1S/C36H39N3O5S/c1-2-34(36(41)37-29-16-12-13-17-29)38(26-28-14-6-3-7-15-28)35(40)27-39(45(42,43)33-20-10-5-11-21-33)30-22-24-32(25-23-30)44-31-18-8-4-9-19-31/h3-11,14-15,18-25,29,34H,2,12-13,16-17,26-27H2,1H3,(H,37,41)/t34-/m1/s1. The van der Waals surface area contributed by atoms with Gasteiger partial charge in [0.1, 0.15) is 24.1 Å². The number of carbonyl (C=O) groups is 2. The summed E-state index contributed by atoms with van der Waals surface area (Å²) in [5, 5.41) is 3.14. The number of nitrogens with zero attached hydrogens (tertiary/aromatic N) is 2. The maximum absolute atomic E-state index is 14.3. The molecule has 1 saturated carbocycles. The van der Waals surface area contributed by atoms with E-state index in [-0.39, 0.29) is 23.4 Å². The van der Waals surface area contributed by atoms with Crippen LogP contribution >= 0.6 is 0 Å². The summed E-state index contributed by atoms with van der Waals surface area (Å²) in [6.45, 7) is 1.55. The third kappa shape index (κ3) is 8.10. The number of anilines is 1. The number of sulfonamides is 1. The Bertz CT molecular complexity index is 1640. The molecule has 9 heteroatoms. The number of benzene rings is 4. The minimum absolute atomic E-state index is 0.0584. The minimum Gasteiger partial charge on any atom is -0.457 e. The zero-order chi connectivity index (χ0) is 31.6. The van der Waals surface area contributed by atoms with Crippen LogP contribution in [0.3, 0.4) is 0 Å². The Labute approximate surface area is 265 Å². The number of para-hydroxylation sites is 1. The Hall–Kier alpha value is -4.63. The van der Waals surface area contributed by atoms with Crippen molar-refractivity contribution in [1.29, 1.82) is 0 Å². The molecular weight excluding hydrogens is 586 g/mol. The maximum Gasteiger partial charge on any atom is 0.264 e. The van der Waals surface area contributed by atoms with Gasteiger partial charge in [0, 0.05) is 12.6 Å². The van der Waals surface area contributed by atoms with E-state index >= 15 is 0 Å². The van der Waals surface area contributed by atoms with E-state index in [0.717, 1.165) is 35.6 Å². The van der Waals surface area contributed by atoms with Crippen LogP contribution in [-0.2, 0) is 26.2 Å². The van der Waals surface area contributed by atoms with Gasteiger partial charge in [0.2, 0.25) is 11.8 Å². The number of hydrogen-bond donors (Lipinski definition) is 1. The molecule has 234 valence electrons. The van der Waals surface area contributed by atoms with E-state index in [1.54, 1.807) is 42.5 Å². The summed E-state index contributed by atoms with van der Waals surface area (Å²) >= 11 is 0. The molecule has 0 radical (unpaired) electrons. The average Bonchev–Trinajstić information content (AvgIpc) is 3.58. The van der Waals surface area contributed by atoms with Crippen LogP contribution in [0.15, 0.2) is 120 Å².